The van der Waals surface area contributed by atoms with Crippen LogP contribution in [0.5, 0.6) is 0 Å². The molecule has 0 aliphatic rings. The maximum absolute atomic E-state index is 11.2. The minimum atomic E-state index is -1.01. The van der Waals surface area contributed by atoms with Crippen LogP contribution in [0.15, 0.2) is 24.5 Å². The van der Waals surface area contributed by atoms with Gasteiger partial charge in [-0.2, -0.15) is 0 Å². The monoisotopic (exact) mass is 245 g/mol. The number of pyridine rings is 1. The van der Waals surface area contributed by atoms with E-state index in [0.717, 1.165) is 5.56 Å². The summed E-state index contributed by atoms with van der Waals surface area (Å²) in [5.74, 6) is -0.350. The van der Waals surface area contributed by atoms with Gasteiger partial charge in [0.25, 0.3) is 0 Å². The first-order chi connectivity index (χ1) is 8.39. The molecule has 0 fully saturated rings. The van der Waals surface area contributed by atoms with Gasteiger partial charge in [0.1, 0.15) is 11.5 Å². The van der Waals surface area contributed by atoms with Gasteiger partial charge in [0.2, 0.25) is 0 Å². The molecule has 0 aliphatic carbocycles. The number of hydrogen-bond donors (Lipinski definition) is 2. The fraction of sp³-hybridized carbons (Fsp3) is 0.308. The van der Waals surface area contributed by atoms with Crippen LogP contribution in [-0.4, -0.2) is 26.0 Å². The summed E-state index contributed by atoms with van der Waals surface area (Å²) >= 11 is 0. The number of rotatable bonds is 2. The van der Waals surface area contributed by atoms with Gasteiger partial charge in [-0.1, -0.05) is 20.8 Å². The van der Waals surface area contributed by atoms with E-state index in [-0.39, 0.29) is 11.1 Å². The molecule has 2 N–H and O–H groups in total. The molecule has 2 aromatic heterocycles. The maximum atomic E-state index is 11.2. The molecule has 5 nitrogen and oxygen atoms in total. The minimum absolute atomic E-state index is 0.117. The van der Waals surface area contributed by atoms with Gasteiger partial charge in [0.05, 0.1) is 0 Å². The van der Waals surface area contributed by atoms with Crippen LogP contribution in [0.25, 0.3) is 11.3 Å². The van der Waals surface area contributed by atoms with Crippen molar-refractivity contribution >= 4 is 5.97 Å². The van der Waals surface area contributed by atoms with E-state index in [2.05, 4.69) is 15.0 Å². The molecular formula is C13H15N3O2. The Bertz CT molecular complexity index is 568. The predicted octanol–water partition coefficient (Wildman–Crippen LogP) is 2.47. The number of carbonyl (C=O) groups is 1. The molecule has 2 rings (SSSR count). The average molecular weight is 245 g/mol. The number of hydrogen-bond acceptors (Lipinski definition) is 3. The Kier molecular flexibility index (Phi) is 2.90. The predicted molar refractivity (Wildman–Crippen MR) is 67.5 cm³/mol. The maximum Gasteiger partial charge on any atom is 0.354 e. The molecule has 5 heteroatoms. The highest BCUT2D eigenvalue weighted by atomic mass is 16.4. The molecule has 2 heterocycles. The lowest BCUT2D eigenvalue weighted by Gasteiger charge is -2.13. The molecule has 0 spiro atoms. The van der Waals surface area contributed by atoms with Gasteiger partial charge < -0.3 is 10.1 Å². The molecule has 0 saturated heterocycles. The van der Waals surface area contributed by atoms with Gasteiger partial charge in [-0.3, -0.25) is 4.98 Å². The van der Waals surface area contributed by atoms with Crippen LogP contribution in [0.1, 0.15) is 37.1 Å². The van der Waals surface area contributed by atoms with Crippen molar-refractivity contribution in [1.29, 1.82) is 0 Å². The third kappa shape index (κ3) is 2.25. The zero-order chi connectivity index (χ0) is 13.3. The van der Waals surface area contributed by atoms with E-state index in [9.17, 15) is 9.90 Å². The van der Waals surface area contributed by atoms with E-state index < -0.39 is 5.97 Å². The highest BCUT2D eigenvalue weighted by Crippen LogP contribution is 2.26. The van der Waals surface area contributed by atoms with Crippen molar-refractivity contribution in [3.05, 3.63) is 36.0 Å². The zero-order valence-electron chi connectivity index (χ0n) is 10.6. The Morgan fingerprint density at radius 3 is 2.39 bits per heavy atom. The van der Waals surface area contributed by atoms with Crippen molar-refractivity contribution in [2.75, 3.05) is 0 Å². The minimum Gasteiger partial charge on any atom is -0.477 e. The summed E-state index contributed by atoms with van der Waals surface area (Å²) in [4.78, 5) is 22.5. The van der Waals surface area contributed by atoms with E-state index in [0.29, 0.717) is 11.5 Å². The Balaban J connectivity index is 2.60. The third-order valence-electron chi connectivity index (χ3n) is 2.58. The summed E-state index contributed by atoms with van der Waals surface area (Å²) in [6.07, 6.45) is 3.23. The first-order valence-electron chi connectivity index (χ1n) is 5.64. The quantitative estimate of drug-likeness (QED) is 0.851. The second-order valence-corrected chi connectivity index (χ2v) is 5.10. The molecule has 0 saturated carbocycles. The molecule has 94 valence electrons. The normalized spacial score (nSPS) is 11.5. The Morgan fingerprint density at radius 1 is 1.28 bits per heavy atom. The van der Waals surface area contributed by atoms with Crippen LogP contribution in [0.2, 0.25) is 0 Å². The van der Waals surface area contributed by atoms with Crippen molar-refractivity contribution < 1.29 is 9.90 Å². The fourth-order valence-corrected chi connectivity index (χ4v) is 1.60. The van der Waals surface area contributed by atoms with Crippen molar-refractivity contribution in [3.63, 3.8) is 0 Å². The molecule has 0 aliphatic heterocycles. The molecule has 0 atom stereocenters. The van der Waals surface area contributed by atoms with Gasteiger partial charge in [-0.25, -0.2) is 9.78 Å². The topological polar surface area (TPSA) is 78.9 Å². The number of aromatic carboxylic acids is 1. The van der Waals surface area contributed by atoms with Gasteiger partial charge in [0, 0.05) is 23.4 Å². The summed E-state index contributed by atoms with van der Waals surface area (Å²) in [5, 5.41) is 9.22. The van der Waals surface area contributed by atoms with Crippen molar-refractivity contribution in [2.24, 2.45) is 0 Å². The number of aromatic amines is 1. The number of carboxylic acids is 1. The third-order valence-corrected chi connectivity index (χ3v) is 2.58. The van der Waals surface area contributed by atoms with Crippen molar-refractivity contribution in [2.45, 2.75) is 26.2 Å². The van der Waals surface area contributed by atoms with Gasteiger partial charge in [0.15, 0.2) is 5.69 Å². The number of aromatic nitrogens is 3. The van der Waals surface area contributed by atoms with Gasteiger partial charge in [-0.05, 0) is 12.1 Å². The smallest absolute Gasteiger partial charge is 0.354 e. The number of imidazole rings is 1. The molecule has 0 bridgehead atoms. The lowest BCUT2D eigenvalue weighted by Crippen LogP contribution is -2.13. The van der Waals surface area contributed by atoms with Crippen molar-refractivity contribution in [1.82, 2.24) is 15.0 Å². The largest absolute Gasteiger partial charge is 0.477 e. The summed E-state index contributed by atoms with van der Waals surface area (Å²) < 4.78 is 0. The number of nitrogens with one attached hydrogen (secondary N) is 1. The molecule has 0 aromatic carbocycles. The molecule has 0 amide bonds. The zero-order valence-corrected chi connectivity index (χ0v) is 10.6. The lowest BCUT2D eigenvalue weighted by atomic mass is 9.96. The SMILES string of the molecule is CC(C)(C)c1nc(-c2ccncc2)c(C(=O)O)[nH]1. The van der Waals surface area contributed by atoms with Crippen LogP contribution in [-0.2, 0) is 5.41 Å². The second kappa shape index (κ2) is 4.25. The van der Waals surface area contributed by atoms with Crippen LogP contribution in [0, 0.1) is 0 Å². The van der Waals surface area contributed by atoms with Gasteiger partial charge >= 0.3 is 5.97 Å². The highest BCUT2D eigenvalue weighted by Gasteiger charge is 2.24. The summed E-state index contributed by atoms with van der Waals surface area (Å²) in [6, 6.07) is 3.49. The standard InChI is InChI=1S/C13H15N3O2/c1-13(2,3)12-15-9(10(16-12)11(17)18)8-4-6-14-7-5-8/h4-7H,1-3H3,(H,15,16)(H,17,18). The van der Waals surface area contributed by atoms with Crippen LogP contribution < -0.4 is 0 Å². The van der Waals surface area contributed by atoms with E-state index in [1.165, 1.54) is 0 Å². The summed E-state index contributed by atoms with van der Waals surface area (Å²) in [5.41, 5.74) is 1.09. The van der Waals surface area contributed by atoms with Gasteiger partial charge in [-0.15, -0.1) is 0 Å². The van der Waals surface area contributed by atoms with E-state index >= 15 is 0 Å². The fourth-order valence-electron chi connectivity index (χ4n) is 1.60. The Labute approximate surface area is 105 Å². The number of H-pyrrole nitrogens is 1. The Morgan fingerprint density at radius 2 is 1.89 bits per heavy atom. The first kappa shape index (κ1) is 12.3. The summed E-state index contributed by atoms with van der Waals surface area (Å²) in [6.45, 7) is 5.94. The molecule has 2 aromatic rings. The number of carboxylic acid groups (broad SMARTS) is 1. The van der Waals surface area contributed by atoms with Crippen LogP contribution in [0.3, 0.4) is 0 Å². The molecular weight excluding hydrogens is 230 g/mol. The Hall–Kier alpha value is -2.17. The molecule has 0 radical (unpaired) electrons. The number of nitrogens with zero attached hydrogens (tertiary/aromatic N) is 2. The van der Waals surface area contributed by atoms with E-state index in [1.54, 1.807) is 24.5 Å². The van der Waals surface area contributed by atoms with E-state index in [1.807, 2.05) is 20.8 Å². The van der Waals surface area contributed by atoms with Crippen LogP contribution >= 0.6 is 0 Å². The van der Waals surface area contributed by atoms with Crippen molar-refractivity contribution in [3.8, 4) is 11.3 Å². The molecule has 0 unspecified atom stereocenters. The molecule has 18 heavy (non-hydrogen) atoms. The average Bonchev–Trinajstić information content (AvgIpc) is 2.74. The second-order valence-electron chi connectivity index (χ2n) is 5.10. The van der Waals surface area contributed by atoms with Crippen LogP contribution in [0.4, 0.5) is 0 Å². The van der Waals surface area contributed by atoms with E-state index in [4.69, 9.17) is 0 Å². The lowest BCUT2D eigenvalue weighted by molar-refractivity contribution is 0.0692. The highest BCUT2D eigenvalue weighted by molar-refractivity contribution is 5.92. The first-order valence-corrected chi connectivity index (χ1v) is 5.64. The summed E-state index contributed by atoms with van der Waals surface area (Å²) in [7, 11) is 0.